The van der Waals surface area contributed by atoms with Gasteiger partial charge in [0.1, 0.15) is 146 Å². The zero-order valence-electron chi connectivity index (χ0n) is 34.5. The van der Waals surface area contributed by atoms with Gasteiger partial charge in [0.2, 0.25) is 0 Å². The summed E-state index contributed by atoms with van der Waals surface area (Å²) >= 11 is 0. The molecule has 0 aromatic heterocycles. The topological polar surface area (TPSA) is 475 Å². The molecule has 30 nitrogen and oxygen atoms in total. The molecule has 0 aliphatic carbocycles. The highest BCUT2D eigenvalue weighted by Crippen LogP contribution is 2.38. The largest absolute Gasteiger partial charge is 0.394 e. The van der Waals surface area contributed by atoms with Gasteiger partial charge in [0.25, 0.3) is 0 Å². The smallest absolute Gasteiger partial charge is 0.187 e. The lowest BCUT2D eigenvalue weighted by Crippen LogP contribution is -2.69. The van der Waals surface area contributed by atoms with Gasteiger partial charge in [0, 0.05) is 0 Å². The summed E-state index contributed by atoms with van der Waals surface area (Å²) in [5.41, 5.74) is 0. The van der Waals surface area contributed by atoms with Crippen LogP contribution < -0.4 is 0 Å². The third-order valence-electron chi connectivity index (χ3n) is 12.7. The molecule has 0 spiro atoms. The molecule has 0 unspecified atom stereocenters. The number of ether oxygens (including phenoxy) is 12. The zero-order valence-corrected chi connectivity index (χ0v) is 34.5. The van der Waals surface area contributed by atoms with E-state index in [1.807, 2.05) is 0 Å². The van der Waals surface area contributed by atoms with Crippen molar-refractivity contribution in [1.29, 1.82) is 0 Å². The van der Waals surface area contributed by atoms with Gasteiger partial charge in [-0.15, -0.1) is 0 Å². The zero-order chi connectivity index (χ0) is 48.0. The third-order valence-corrected chi connectivity index (χ3v) is 12.7. The van der Waals surface area contributed by atoms with Crippen LogP contribution >= 0.6 is 0 Å². The van der Waals surface area contributed by atoms with Gasteiger partial charge in [0.05, 0.1) is 39.6 Å². The maximum absolute atomic E-state index is 11.2. The van der Waals surface area contributed by atoms with E-state index in [4.69, 9.17) is 56.8 Å². The van der Waals surface area contributed by atoms with Crippen molar-refractivity contribution in [2.75, 3.05) is 39.6 Å². The number of aliphatic hydroxyl groups is 18. The second-order valence-electron chi connectivity index (χ2n) is 16.8. The second-order valence-corrected chi connectivity index (χ2v) is 16.8. The third kappa shape index (κ3) is 10.0. The highest BCUT2D eigenvalue weighted by atomic mass is 16.8. The molecule has 0 radical (unpaired) electrons. The fraction of sp³-hybridized carbons (Fsp3) is 1.00. The summed E-state index contributed by atoms with van der Waals surface area (Å²) in [6.07, 6.45) is -58.5. The van der Waals surface area contributed by atoms with E-state index < -0.39 is 224 Å². The van der Waals surface area contributed by atoms with Gasteiger partial charge in [-0.25, -0.2) is 0 Å². The van der Waals surface area contributed by atoms with Crippen LogP contribution in [0.4, 0.5) is 0 Å². The molecule has 30 atom stereocenters. The number of rotatable bonds is 6. The molecule has 22 saturated heterocycles. The van der Waals surface area contributed by atoms with Gasteiger partial charge in [-0.1, -0.05) is 0 Å². The van der Waals surface area contributed by atoms with Crippen molar-refractivity contribution >= 4 is 0 Å². The minimum absolute atomic E-state index is 0.999. The number of hydrogen-bond acceptors (Lipinski definition) is 30. The average Bonchev–Trinajstić information content (AvgIpc) is 3.31. The minimum Gasteiger partial charge on any atom is -0.394 e. The van der Waals surface area contributed by atoms with Gasteiger partial charge in [-0.05, 0) is 0 Å². The van der Waals surface area contributed by atoms with Crippen molar-refractivity contribution in [3.63, 3.8) is 0 Å². The van der Waals surface area contributed by atoms with Gasteiger partial charge in [0.15, 0.2) is 37.7 Å². The molecule has 0 saturated carbocycles. The average molecular weight is 973 g/mol. The van der Waals surface area contributed by atoms with Crippen molar-refractivity contribution < 1.29 is 149 Å². The van der Waals surface area contributed by atoms with Crippen LogP contribution in [0.1, 0.15) is 0 Å². The molecule has 0 aromatic rings. The van der Waals surface area contributed by atoms with Crippen molar-refractivity contribution in [1.82, 2.24) is 0 Å². The summed E-state index contributed by atoms with van der Waals surface area (Å²) in [5.74, 6) is 0. The molecule has 22 rings (SSSR count). The first-order valence-electron chi connectivity index (χ1n) is 21.1. The molecule has 12 bridgehead atoms. The van der Waals surface area contributed by atoms with Crippen molar-refractivity contribution in [3.05, 3.63) is 0 Å². The van der Waals surface area contributed by atoms with Crippen molar-refractivity contribution in [3.8, 4) is 0 Å². The summed E-state index contributed by atoms with van der Waals surface area (Å²) < 4.78 is 67.9. The molecule has 22 aliphatic heterocycles. The molecular formula is C36H60O30. The summed E-state index contributed by atoms with van der Waals surface area (Å²) in [4.78, 5) is 0. The Labute approximate surface area is 372 Å². The van der Waals surface area contributed by atoms with Gasteiger partial charge < -0.3 is 149 Å². The van der Waals surface area contributed by atoms with Crippen LogP contribution in [0.2, 0.25) is 0 Å². The first-order valence-corrected chi connectivity index (χ1v) is 21.1. The molecule has 22 aliphatic rings. The van der Waals surface area contributed by atoms with Crippen LogP contribution in [0.25, 0.3) is 0 Å². The van der Waals surface area contributed by atoms with Crippen LogP contribution in [0.5, 0.6) is 0 Å². The highest BCUT2D eigenvalue weighted by molar-refractivity contribution is 5.01. The van der Waals surface area contributed by atoms with E-state index >= 15 is 0 Å². The Kier molecular flexibility index (Phi) is 17.6. The van der Waals surface area contributed by atoms with Crippen LogP contribution in [0.15, 0.2) is 0 Å². The standard InChI is InChI=1S/C36H60O30/c37-1-7-25-13(43)19(49)31(55-7)62-26-8(2-38)57-33(21(51)15(26)45)64-28-10(4-40)59-35(23(53)17(28)47)66-30-12(6-42)60-36(24(54)18(30)48)65-29-11(5-41)58-34(22(52)16(29)46)63-27-9(3-39)56-32(61-25)20(50)14(27)44/h7-54H,1-6H2/t7-,8-,9-,10-,11-,12-,13-,14-,15-,16-,17+,18+,19+,20+,21+,22+,23-,24+,25-,26-,27-,28+,29-,30-,31-,32-,33-,34-,35-,36-/m0/s1. The highest BCUT2D eigenvalue weighted by Gasteiger charge is 2.58. The Morgan fingerprint density at radius 3 is 0.409 bits per heavy atom. The van der Waals surface area contributed by atoms with Gasteiger partial charge in [-0.2, -0.15) is 0 Å². The van der Waals surface area contributed by atoms with Gasteiger partial charge in [-0.3, -0.25) is 0 Å². The molecule has 22 heterocycles. The number of hydrogen-bond donors (Lipinski definition) is 18. The molecule has 18 N–H and O–H groups in total. The monoisotopic (exact) mass is 972 g/mol. The molecule has 384 valence electrons. The Hall–Kier alpha value is -1.20. The number of aliphatic hydroxyl groups excluding tert-OH is 18. The Morgan fingerprint density at radius 2 is 0.303 bits per heavy atom. The summed E-state index contributed by atoms with van der Waals surface area (Å²) in [6, 6.07) is 0. The van der Waals surface area contributed by atoms with Crippen LogP contribution in [0.3, 0.4) is 0 Å². The fourth-order valence-corrected chi connectivity index (χ4v) is 8.93. The maximum atomic E-state index is 11.2. The summed E-state index contributed by atoms with van der Waals surface area (Å²) in [7, 11) is 0. The normalized spacial score (nSPS) is 55.4. The molecule has 22 fully saturated rings. The van der Waals surface area contributed by atoms with E-state index in [0.29, 0.717) is 0 Å². The first-order chi connectivity index (χ1) is 31.4. The fourth-order valence-electron chi connectivity index (χ4n) is 8.93. The predicted octanol–water partition coefficient (Wildman–Crippen LogP) is -13.1. The minimum atomic E-state index is -2.15. The van der Waals surface area contributed by atoms with E-state index in [1.165, 1.54) is 0 Å². The molecular weight excluding hydrogens is 912 g/mol. The quantitative estimate of drug-likeness (QED) is 0.117. The SMILES string of the molecule is OC[C@@H]1O[C@H]2O[C@@H]3[C@@H](O)[C@@H](O)[C@H](O[C@@H]4[C@@H](O)[C@@H](O)[C@H](O[C@@H]5[C@@H](O)[C@@H](O)[C@H](O[C@@H]6[C@@H](O)[C@@H](O)[C@H](O[C@H]7[C@H](O)[C@H](O)[C@H](O[C@@H]1[C@H](O)[C@H]2O)O[C@H]7CO)O[C@H]6CO)O[C@H]5CO)O[C@H]4CO)O[C@H]3CO. The molecule has 0 amide bonds. The summed E-state index contributed by atoms with van der Waals surface area (Å²) in [5, 5.41) is 196. The van der Waals surface area contributed by atoms with Gasteiger partial charge >= 0.3 is 0 Å². The second kappa shape index (κ2) is 22.1. The van der Waals surface area contributed by atoms with E-state index in [1.54, 1.807) is 0 Å². The lowest BCUT2D eigenvalue weighted by Gasteiger charge is -2.50. The maximum Gasteiger partial charge on any atom is 0.187 e. The van der Waals surface area contributed by atoms with Crippen molar-refractivity contribution in [2.24, 2.45) is 0 Å². The predicted molar refractivity (Wildman–Crippen MR) is 196 cm³/mol. The van der Waals surface area contributed by atoms with Crippen LogP contribution in [0, 0.1) is 0 Å². The van der Waals surface area contributed by atoms with E-state index in [-0.39, 0.29) is 0 Å². The molecule has 0 aromatic carbocycles. The van der Waals surface area contributed by atoms with Crippen LogP contribution in [-0.2, 0) is 56.8 Å². The Balaban J connectivity index is 1.19. The Bertz CT molecular complexity index is 1230. The lowest BCUT2D eigenvalue weighted by atomic mass is 9.94. The molecule has 30 heteroatoms. The lowest BCUT2D eigenvalue weighted by molar-refractivity contribution is -0.404. The first kappa shape index (κ1) is 52.6. The van der Waals surface area contributed by atoms with Crippen LogP contribution in [-0.4, -0.2) is 316 Å². The van der Waals surface area contributed by atoms with E-state index in [9.17, 15) is 91.9 Å². The van der Waals surface area contributed by atoms with Crippen molar-refractivity contribution in [2.45, 2.75) is 184 Å². The van der Waals surface area contributed by atoms with E-state index in [2.05, 4.69) is 0 Å². The Morgan fingerprint density at radius 1 is 0.182 bits per heavy atom. The summed E-state index contributed by atoms with van der Waals surface area (Å²) in [6.45, 7) is -5.99. The molecule has 66 heavy (non-hydrogen) atoms. The van der Waals surface area contributed by atoms with E-state index in [0.717, 1.165) is 0 Å².